The smallest absolute Gasteiger partial charge is 0.311 e. The molecule has 0 radical (unpaired) electrons. The summed E-state index contributed by atoms with van der Waals surface area (Å²) in [6.45, 7) is 12.2. The molecule has 1 aromatic carbocycles. The summed E-state index contributed by atoms with van der Waals surface area (Å²) >= 11 is 0. The Hall–Kier alpha value is -2.01. The van der Waals surface area contributed by atoms with E-state index in [0.29, 0.717) is 12.0 Å². The van der Waals surface area contributed by atoms with Crippen molar-refractivity contribution in [2.75, 3.05) is 12.9 Å². The summed E-state index contributed by atoms with van der Waals surface area (Å²) in [6, 6.07) is 4.00. The predicted molar refractivity (Wildman–Crippen MR) is 256 cm³/mol. The number of carbonyl (C=O) groups excluding carboxylic acids is 2. The molecule has 1 rings (SSSR count). The highest BCUT2D eigenvalue weighted by molar-refractivity contribution is 7.86. The molecule has 0 heterocycles. The van der Waals surface area contributed by atoms with E-state index in [-0.39, 0.29) is 30.9 Å². The Bertz CT molecular complexity index is 1310. The first-order valence-corrected chi connectivity index (χ1v) is 26.8. The average molecular weight is 882 g/mol. The van der Waals surface area contributed by atoms with Crippen LogP contribution in [0, 0.1) is 5.41 Å². The number of hydrogen-bond acceptors (Lipinski definition) is 9. The Morgan fingerprint density at radius 3 is 1.15 bits per heavy atom. The van der Waals surface area contributed by atoms with Crippen molar-refractivity contribution < 1.29 is 36.8 Å². The van der Waals surface area contributed by atoms with Crippen LogP contribution in [-0.4, -0.2) is 44.4 Å². The topological polar surface area (TPSA) is 142 Å². The number of hydrogen-bond donors (Lipinski definition) is 2. The Morgan fingerprint density at radius 1 is 0.557 bits per heavy atom. The van der Waals surface area contributed by atoms with Gasteiger partial charge in [0, 0.05) is 25.5 Å². The minimum absolute atomic E-state index is 0.0662. The summed E-state index contributed by atoms with van der Waals surface area (Å²) in [5, 5.41) is 7.57. The molecule has 10 heteroatoms. The molecule has 2 unspecified atom stereocenters. The second-order valence-electron chi connectivity index (χ2n) is 18.5. The second kappa shape index (κ2) is 38.4. The summed E-state index contributed by atoms with van der Waals surface area (Å²) in [4.78, 5) is 26.1. The minimum Gasteiger partial charge on any atom is -0.423 e. The van der Waals surface area contributed by atoms with Crippen LogP contribution in [-0.2, 0) is 23.9 Å². The third kappa shape index (κ3) is 35.1. The molecule has 358 valence electrons. The van der Waals surface area contributed by atoms with E-state index in [1.807, 2.05) is 20.8 Å². The van der Waals surface area contributed by atoms with Gasteiger partial charge in [0.05, 0.1) is 6.26 Å². The highest BCUT2D eigenvalue weighted by Crippen LogP contribution is 2.37. The third-order valence-electron chi connectivity index (χ3n) is 11.3. The Morgan fingerprint density at radius 2 is 0.852 bits per heavy atom. The maximum absolute atomic E-state index is 13.1. The molecule has 3 N–H and O–H groups in total. The van der Waals surface area contributed by atoms with Crippen LogP contribution in [0.2, 0.25) is 0 Å². The van der Waals surface area contributed by atoms with Crippen molar-refractivity contribution in [3.8, 4) is 11.5 Å². The summed E-state index contributed by atoms with van der Waals surface area (Å²) in [7, 11) is -3.88. The van der Waals surface area contributed by atoms with Crippen molar-refractivity contribution in [3.05, 3.63) is 23.8 Å². The van der Waals surface area contributed by atoms with Crippen molar-refractivity contribution in [1.82, 2.24) is 0 Å². The number of benzene rings is 1. The highest BCUT2D eigenvalue weighted by Gasteiger charge is 2.34. The summed E-state index contributed by atoms with van der Waals surface area (Å²) in [5.41, 5.74) is 6.46. The van der Waals surface area contributed by atoms with Crippen LogP contribution in [0.25, 0.3) is 0 Å². The van der Waals surface area contributed by atoms with Gasteiger partial charge >= 0.3 is 11.9 Å². The number of rotatable bonds is 38. The standard InChI is InChI=1S/C49H89NO7S.C2H6O/c1-7-9-11-13-15-17-19-21-23-25-27-29-31-33-35-37-45(51)55-43-40-39-42(47(57-58(6,53)54)48(50)49(3,4)5)41-44(43)56-46(52)38-36-34-32-30-28-26-24-22-20-18-16-14-12-10-8-2;1-2-3/h39-41,47-48H,7-38,50H2,1-6H3;3H,2H2,1H3. The lowest BCUT2D eigenvalue weighted by molar-refractivity contribution is -0.137. The molecule has 1 aromatic rings. The fourth-order valence-corrected chi connectivity index (χ4v) is 8.07. The molecule has 0 aromatic heterocycles. The quantitative estimate of drug-likeness (QED) is 0.0287. The summed E-state index contributed by atoms with van der Waals surface area (Å²) < 4.78 is 41.6. The lowest BCUT2D eigenvalue weighted by Crippen LogP contribution is -2.42. The molecular weight excluding hydrogens is 787 g/mol. The van der Waals surface area contributed by atoms with E-state index in [4.69, 9.17) is 24.5 Å². The van der Waals surface area contributed by atoms with Crippen molar-refractivity contribution in [2.45, 2.75) is 259 Å². The molecule has 0 bridgehead atoms. The molecule has 0 saturated heterocycles. The monoisotopic (exact) mass is 882 g/mol. The normalized spacial score (nSPS) is 12.7. The summed E-state index contributed by atoms with van der Waals surface area (Å²) in [6.07, 6.45) is 37.7. The van der Waals surface area contributed by atoms with Crippen LogP contribution < -0.4 is 15.2 Å². The average Bonchev–Trinajstić information content (AvgIpc) is 3.20. The van der Waals surface area contributed by atoms with E-state index in [2.05, 4.69) is 13.8 Å². The first-order valence-electron chi connectivity index (χ1n) is 25.0. The molecule has 9 nitrogen and oxygen atoms in total. The van der Waals surface area contributed by atoms with Crippen LogP contribution in [0.3, 0.4) is 0 Å². The molecule has 0 saturated carbocycles. The maximum Gasteiger partial charge on any atom is 0.311 e. The molecule has 0 fully saturated rings. The van der Waals surface area contributed by atoms with E-state index in [1.54, 1.807) is 19.1 Å². The third-order valence-corrected chi connectivity index (χ3v) is 11.9. The zero-order chi connectivity index (χ0) is 45.6. The number of ether oxygens (including phenoxy) is 2. The number of aliphatic hydroxyl groups is 1. The Balaban J connectivity index is 0.0000116. The molecule has 0 spiro atoms. The summed E-state index contributed by atoms with van der Waals surface area (Å²) in [5.74, 6) is -0.622. The van der Waals surface area contributed by atoms with Crippen molar-refractivity contribution in [2.24, 2.45) is 11.1 Å². The van der Waals surface area contributed by atoms with E-state index >= 15 is 0 Å². The largest absolute Gasteiger partial charge is 0.423 e. The Labute approximate surface area is 375 Å². The Kier molecular flexibility index (Phi) is 37.2. The van der Waals surface area contributed by atoms with Crippen LogP contribution in [0.5, 0.6) is 11.5 Å². The van der Waals surface area contributed by atoms with Gasteiger partial charge < -0.3 is 20.3 Å². The number of aliphatic hydroxyl groups excluding tert-OH is 1. The van der Waals surface area contributed by atoms with Crippen LogP contribution in [0.15, 0.2) is 18.2 Å². The fourth-order valence-electron chi connectivity index (χ4n) is 7.46. The predicted octanol–water partition coefficient (Wildman–Crippen LogP) is 14.4. The molecule has 61 heavy (non-hydrogen) atoms. The molecule has 0 aliphatic carbocycles. The van der Waals surface area contributed by atoms with Crippen LogP contribution in [0.1, 0.15) is 259 Å². The lowest BCUT2D eigenvalue weighted by Gasteiger charge is -2.33. The van der Waals surface area contributed by atoms with Crippen molar-refractivity contribution in [1.29, 1.82) is 0 Å². The first kappa shape index (κ1) is 59.0. The van der Waals surface area contributed by atoms with Gasteiger partial charge in [-0.2, -0.15) is 8.42 Å². The first-order chi connectivity index (χ1) is 29.2. The van der Waals surface area contributed by atoms with Gasteiger partial charge in [-0.15, -0.1) is 0 Å². The van der Waals surface area contributed by atoms with Gasteiger partial charge in [0.2, 0.25) is 0 Å². The van der Waals surface area contributed by atoms with E-state index in [1.165, 1.54) is 160 Å². The molecule has 0 aliphatic rings. The molecule has 0 amide bonds. The molecule has 2 atom stereocenters. The zero-order valence-electron chi connectivity index (χ0n) is 40.5. The van der Waals surface area contributed by atoms with Gasteiger partial charge in [-0.05, 0) is 42.9 Å². The van der Waals surface area contributed by atoms with Crippen LogP contribution in [0.4, 0.5) is 0 Å². The highest BCUT2D eigenvalue weighted by atomic mass is 32.2. The fraction of sp³-hybridized carbons (Fsp3) is 0.843. The maximum atomic E-state index is 13.1. The molecular formula is C51H95NO8S. The van der Waals surface area contributed by atoms with Gasteiger partial charge in [0.15, 0.2) is 11.5 Å². The number of nitrogens with two attached hydrogens (primary N) is 1. The number of esters is 2. The second-order valence-corrected chi connectivity index (χ2v) is 20.1. The van der Waals surface area contributed by atoms with Crippen molar-refractivity contribution in [3.63, 3.8) is 0 Å². The van der Waals surface area contributed by atoms with Crippen molar-refractivity contribution >= 4 is 22.1 Å². The van der Waals surface area contributed by atoms with Gasteiger partial charge in [0.25, 0.3) is 10.1 Å². The van der Waals surface area contributed by atoms with E-state index in [9.17, 15) is 18.0 Å². The van der Waals surface area contributed by atoms with Gasteiger partial charge in [-0.25, -0.2) is 0 Å². The van der Waals surface area contributed by atoms with E-state index < -0.39 is 39.6 Å². The lowest BCUT2D eigenvalue weighted by atomic mass is 9.82. The van der Waals surface area contributed by atoms with Gasteiger partial charge in [-0.1, -0.05) is 220 Å². The number of carbonyl (C=O) groups is 2. The molecule has 0 aliphatic heterocycles. The SMILES string of the molecule is CCCCCCCCCCCCCCCCCC(=O)Oc1ccc(C(OS(C)(=O)=O)C(N)C(C)(C)C)cc1OC(=O)CCCCCCCCCCCCCCCCC.CCO. The van der Waals surface area contributed by atoms with E-state index in [0.717, 1.165) is 38.4 Å². The van der Waals surface area contributed by atoms with Gasteiger partial charge in [0.1, 0.15) is 6.10 Å². The number of unbranched alkanes of at least 4 members (excludes halogenated alkanes) is 28. The zero-order valence-corrected chi connectivity index (χ0v) is 41.3. The van der Waals surface area contributed by atoms with Crippen LogP contribution >= 0.6 is 0 Å². The van der Waals surface area contributed by atoms with Gasteiger partial charge in [-0.3, -0.25) is 13.8 Å². The minimum atomic E-state index is -3.88.